The van der Waals surface area contributed by atoms with Crippen LogP contribution in [0.4, 0.5) is 11.5 Å². The van der Waals surface area contributed by atoms with Crippen molar-refractivity contribution in [2.24, 2.45) is 0 Å². The van der Waals surface area contributed by atoms with E-state index in [1.807, 2.05) is 24.6 Å². The monoisotopic (exact) mass is 423 g/mol. The molecule has 32 heavy (non-hydrogen) atoms. The number of benzene rings is 2. The molecule has 0 saturated carbocycles. The van der Waals surface area contributed by atoms with Gasteiger partial charge in [-0.25, -0.2) is 14.5 Å². The van der Waals surface area contributed by atoms with Crippen molar-refractivity contribution >= 4 is 22.9 Å². The van der Waals surface area contributed by atoms with Gasteiger partial charge in [-0.05, 0) is 55.0 Å². The van der Waals surface area contributed by atoms with Gasteiger partial charge in [-0.1, -0.05) is 36.4 Å². The number of fused-ring (bicyclic) bond motifs is 3. The van der Waals surface area contributed by atoms with Gasteiger partial charge >= 0.3 is 0 Å². The SMILES string of the molecule is CC1(C)C(=O)Cc2cc(Cc3nc4c(N5CCCc6ccccc65)nccn4n3)ccc21. The first-order chi connectivity index (χ1) is 15.5. The van der Waals surface area contributed by atoms with Crippen LogP contribution in [0.5, 0.6) is 0 Å². The van der Waals surface area contributed by atoms with E-state index in [4.69, 9.17) is 10.1 Å². The Balaban J connectivity index is 1.35. The Morgan fingerprint density at radius 2 is 1.97 bits per heavy atom. The second kappa shape index (κ2) is 6.99. The number of nitrogens with zero attached hydrogens (tertiary/aromatic N) is 5. The number of carbonyl (C=O) groups is 1. The molecule has 160 valence electrons. The van der Waals surface area contributed by atoms with Crippen molar-refractivity contribution in [3.05, 3.63) is 82.9 Å². The average Bonchev–Trinajstić information content (AvgIpc) is 3.30. The molecule has 6 heteroatoms. The zero-order chi connectivity index (χ0) is 21.9. The van der Waals surface area contributed by atoms with Gasteiger partial charge in [0.1, 0.15) is 5.78 Å². The van der Waals surface area contributed by atoms with Crippen LogP contribution in [-0.2, 0) is 29.5 Å². The molecule has 2 aromatic carbocycles. The number of hydrogen-bond donors (Lipinski definition) is 0. The summed E-state index contributed by atoms with van der Waals surface area (Å²) in [4.78, 5) is 24.2. The standard InChI is InChI=1S/C26H25N5O/c1-26(2)20-10-9-17(14-19(20)16-22(26)32)15-23-28-25-24(27-11-13-31(25)29-23)30-12-5-7-18-6-3-4-8-21(18)30/h3-4,6,8-11,13-14H,5,7,12,15-16H2,1-2H3. The molecule has 0 radical (unpaired) electrons. The Labute approximate surface area is 186 Å². The molecule has 2 aliphatic rings. The van der Waals surface area contributed by atoms with Crippen LogP contribution in [-0.4, -0.2) is 31.9 Å². The van der Waals surface area contributed by atoms with Crippen LogP contribution in [0.3, 0.4) is 0 Å². The topological polar surface area (TPSA) is 63.4 Å². The van der Waals surface area contributed by atoms with Gasteiger partial charge in [0.05, 0.1) is 0 Å². The van der Waals surface area contributed by atoms with Crippen LogP contribution in [0.15, 0.2) is 54.9 Å². The number of aromatic nitrogens is 4. The van der Waals surface area contributed by atoms with E-state index in [0.717, 1.165) is 53.4 Å². The molecule has 0 bridgehead atoms. The van der Waals surface area contributed by atoms with E-state index in [-0.39, 0.29) is 11.2 Å². The first kappa shape index (κ1) is 19.2. The van der Waals surface area contributed by atoms with Crippen LogP contribution < -0.4 is 4.90 Å². The zero-order valence-electron chi connectivity index (χ0n) is 18.4. The number of anilines is 2. The molecule has 0 amide bonds. The number of para-hydroxylation sites is 1. The molecule has 3 heterocycles. The first-order valence-corrected chi connectivity index (χ1v) is 11.2. The van der Waals surface area contributed by atoms with Gasteiger partial charge in [0.2, 0.25) is 0 Å². The fraction of sp³-hybridized carbons (Fsp3) is 0.308. The van der Waals surface area contributed by atoms with Crippen molar-refractivity contribution in [2.75, 3.05) is 11.4 Å². The summed E-state index contributed by atoms with van der Waals surface area (Å²) in [6.07, 6.45) is 6.96. The van der Waals surface area contributed by atoms with Gasteiger partial charge in [0, 0.05) is 42.9 Å². The first-order valence-electron chi connectivity index (χ1n) is 11.2. The molecular weight excluding hydrogens is 398 g/mol. The largest absolute Gasteiger partial charge is 0.323 e. The highest BCUT2D eigenvalue weighted by molar-refractivity contribution is 5.95. The Morgan fingerprint density at radius 1 is 1.09 bits per heavy atom. The number of aryl methyl sites for hydroxylation is 1. The Hall–Kier alpha value is -3.54. The van der Waals surface area contributed by atoms with Gasteiger partial charge in [0.25, 0.3) is 0 Å². The zero-order valence-corrected chi connectivity index (χ0v) is 18.4. The molecular formula is C26H25N5O. The maximum atomic E-state index is 12.4. The van der Waals surface area contributed by atoms with Gasteiger partial charge < -0.3 is 4.90 Å². The predicted molar refractivity (Wildman–Crippen MR) is 124 cm³/mol. The molecule has 4 aromatic rings. The number of ketones is 1. The molecule has 6 nitrogen and oxygen atoms in total. The molecule has 0 atom stereocenters. The van der Waals surface area contributed by atoms with E-state index >= 15 is 0 Å². The highest BCUT2D eigenvalue weighted by atomic mass is 16.1. The van der Waals surface area contributed by atoms with E-state index in [1.165, 1.54) is 11.3 Å². The van der Waals surface area contributed by atoms with Gasteiger partial charge in [0.15, 0.2) is 17.3 Å². The lowest BCUT2D eigenvalue weighted by atomic mass is 9.85. The maximum absolute atomic E-state index is 12.4. The molecule has 0 N–H and O–H groups in total. The lowest BCUT2D eigenvalue weighted by Gasteiger charge is -2.30. The summed E-state index contributed by atoms with van der Waals surface area (Å²) in [5.74, 6) is 1.89. The summed E-state index contributed by atoms with van der Waals surface area (Å²) < 4.78 is 1.83. The fourth-order valence-corrected chi connectivity index (χ4v) is 5.11. The number of Topliss-reactive ketones (excluding diaryl/α,β-unsaturated/α-hetero) is 1. The van der Waals surface area contributed by atoms with Crippen LogP contribution in [0.1, 0.15) is 48.3 Å². The lowest BCUT2D eigenvalue weighted by molar-refractivity contribution is -0.121. The fourth-order valence-electron chi connectivity index (χ4n) is 5.11. The van der Waals surface area contributed by atoms with Crippen molar-refractivity contribution in [1.29, 1.82) is 0 Å². The van der Waals surface area contributed by atoms with Crippen LogP contribution in [0, 0.1) is 0 Å². The highest BCUT2D eigenvalue weighted by Gasteiger charge is 2.37. The van der Waals surface area contributed by atoms with Gasteiger partial charge in [-0.3, -0.25) is 4.79 Å². The molecule has 0 saturated heterocycles. The number of hydrogen-bond acceptors (Lipinski definition) is 5. The lowest BCUT2D eigenvalue weighted by Crippen LogP contribution is -2.25. The second-order valence-electron chi connectivity index (χ2n) is 9.32. The van der Waals surface area contributed by atoms with E-state index < -0.39 is 0 Å². The summed E-state index contributed by atoms with van der Waals surface area (Å²) in [6, 6.07) is 14.9. The van der Waals surface area contributed by atoms with Gasteiger partial charge in [-0.15, -0.1) is 0 Å². The summed E-state index contributed by atoms with van der Waals surface area (Å²) in [6.45, 7) is 4.94. The van der Waals surface area contributed by atoms with E-state index in [1.54, 1.807) is 6.20 Å². The normalized spacial score (nSPS) is 16.9. The summed E-state index contributed by atoms with van der Waals surface area (Å²) in [7, 11) is 0. The maximum Gasteiger partial charge on any atom is 0.199 e. The van der Waals surface area contributed by atoms with Crippen molar-refractivity contribution in [1.82, 2.24) is 19.6 Å². The highest BCUT2D eigenvalue weighted by Crippen LogP contribution is 2.36. The smallest absolute Gasteiger partial charge is 0.199 e. The van der Waals surface area contributed by atoms with Crippen LogP contribution in [0.25, 0.3) is 5.65 Å². The summed E-state index contributed by atoms with van der Waals surface area (Å²) in [5, 5.41) is 4.73. The third-order valence-corrected chi connectivity index (χ3v) is 6.90. The third kappa shape index (κ3) is 2.93. The summed E-state index contributed by atoms with van der Waals surface area (Å²) in [5.41, 5.74) is 6.34. The van der Waals surface area contributed by atoms with Crippen molar-refractivity contribution < 1.29 is 4.79 Å². The predicted octanol–water partition coefficient (Wildman–Crippen LogP) is 4.20. The Morgan fingerprint density at radius 3 is 2.88 bits per heavy atom. The summed E-state index contributed by atoms with van der Waals surface area (Å²) >= 11 is 0. The average molecular weight is 424 g/mol. The minimum Gasteiger partial charge on any atom is -0.323 e. The Bertz CT molecular complexity index is 1370. The van der Waals surface area contributed by atoms with Crippen molar-refractivity contribution in [2.45, 2.75) is 44.9 Å². The van der Waals surface area contributed by atoms with Gasteiger partial charge in [-0.2, -0.15) is 5.10 Å². The third-order valence-electron chi connectivity index (χ3n) is 6.90. The van der Waals surface area contributed by atoms with E-state index in [2.05, 4.69) is 52.3 Å². The minimum atomic E-state index is -0.388. The van der Waals surface area contributed by atoms with E-state index in [9.17, 15) is 4.79 Å². The van der Waals surface area contributed by atoms with Crippen molar-refractivity contribution in [3.8, 4) is 0 Å². The molecule has 0 fully saturated rings. The molecule has 6 rings (SSSR count). The molecule has 1 aliphatic carbocycles. The second-order valence-corrected chi connectivity index (χ2v) is 9.32. The Kier molecular flexibility index (Phi) is 4.18. The minimum absolute atomic E-state index is 0.285. The van der Waals surface area contributed by atoms with Crippen LogP contribution in [0.2, 0.25) is 0 Å². The van der Waals surface area contributed by atoms with Crippen LogP contribution >= 0.6 is 0 Å². The van der Waals surface area contributed by atoms with E-state index in [0.29, 0.717) is 12.8 Å². The molecule has 0 unspecified atom stereocenters. The van der Waals surface area contributed by atoms with Crippen molar-refractivity contribution in [3.63, 3.8) is 0 Å². The quantitative estimate of drug-likeness (QED) is 0.494. The molecule has 0 spiro atoms. The number of rotatable bonds is 3. The molecule has 2 aromatic heterocycles. The molecule has 1 aliphatic heterocycles. The number of carbonyl (C=O) groups excluding carboxylic acids is 1.